The molecular weight excluding hydrogens is 540 g/mol. The van der Waals surface area contributed by atoms with Gasteiger partial charge in [0.05, 0.1) is 24.2 Å². The third-order valence-electron chi connectivity index (χ3n) is 6.40. The van der Waals surface area contributed by atoms with E-state index in [0.29, 0.717) is 0 Å². The number of rotatable bonds is 7. The topological polar surface area (TPSA) is 229 Å². The van der Waals surface area contributed by atoms with Crippen LogP contribution in [-0.4, -0.2) is 108 Å². The highest BCUT2D eigenvalue weighted by Gasteiger charge is 2.52. The van der Waals surface area contributed by atoms with E-state index in [-0.39, 0.29) is 24.8 Å². The number of carbonyl (C=O) groups excluding carboxylic acids is 1. The van der Waals surface area contributed by atoms with Gasteiger partial charge in [0, 0.05) is 12.8 Å². The second kappa shape index (κ2) is 15.2. The quantitative estimate of drug-likeness (QED) is 0.134. The number of aliphatic hydroxyl groups is 4. The predicted molar refractivity (Wildman–Crippen MR) is 136 cm³/mol. The summed E-state index contributed by atoms with van der Waals surface area (Å²) in [6, 6.07) is 4.27. The van der Waals surface area contributed by atoms with Crippen molar-refractivity contribution in [2.75, 3.05) is 13.2 Å². The molecule has 0 aliphatic carbocycles. The van der Waals surface area contributed by atoms with Crippen molar-refractivity contribution in [2.45, 2.75) is 80.9 Å². The first-order valence-corrected chi connectivity index (χ1v) is 13.3. The number of nitrogens with one attached hydrogen (secondary N) is 1. The fraction of sp³-hybridized carbons (Fsp3) is 0.625. The lowest BCUT2D eigenvalue weighted by molar-refractivity contribution is -0.504. The van der Waals surface area contributed by atoms with Crippen molar-refractivity contribution in [1.82, 2.24) is 5.32 Å². The SMILES string of the molecule is Cc1ccc(S(=O)(=O)O)cc1.[CH2+]OC1OC(CO)C(OC2OC(CO)C(C)C(O)C2[NH3+])C(O)C1NC(C)=O.[CH3-]. The van der Waals surface area contributed by atoms with Crippen LogP contribution in [0.4, 0.5) is 0 Å². The largest absolute Gasteiger partial charge is 0.394 e. The van der Waals surface area contributed by atoms with Gasteiger partial charge in [0.1, 0.15) is 30.5 Å². The molecule has 2 fully saturated rings. The van der Waals surface area contributed by atoms with Gasteiger partial charge in [-0.1, -0.05) is 24.6 Å². The molecule has 3 rings (SSSR count). The Kier molecular flexibility index (Phi) is 13.7. The molecule has 14 nitrogen and oxygen atoms in total. The molecule has 39 heavy (non-hydrogen) atoms. The van der Waals surface area contributed by atoms with E-state index in [1.165, 1.54) is 19.1 Å². The van der Waals surface area contributed by atoms with E-state index in [1.54, 1.807) is 19.1 Å². The van der Waals surface area contributed by atoms with Crippen LogP contribution in [0.5, 0.6) is 0 Å². The van der Waals surface area contributed by atoms with E-state index in [2.05, 4.69) is 18.2 Å². The summed E-state index contributed by atoms with van der Waals surface area (Å²) >= 11 is 0. The molecule has 2 heterocycles. The zero-order chi connectivity index (χ0) is 28.8. The van der Waals surface area contributed by atoms with Crippen LogP contribution in [0.25, 0.3) is 0 Å². The molecule has 2 saturated heterocycles. The molecule has 10 atom stereocenters. The van der Waals surface area contributed by atoms with Crippen LogP contribution in [0.2, 0.25) is 0 Å². The third-order valence-corrected chi connectivity index (χ3v) is 7.27. The number of quaternary nitrogens is 1. The summed E-state index contributed by atoms with van der Waals surface area (Å²) in [5, 5.41) is 42.6. The molecule has 224 valence electrons. The van der Waals surface area contributed by atoms with Gasteiger partial charge in [0.2, 0.25) is 25.6 Å². The van der Waals surface area contributed by atoms with Gasteiger partial charge in [-0.2, -0.15) is 13.2 Å². The molecule has 0 spiro atoms. The van der Waals surface area contributed by atoms with Crippen LogP contribution in [-0.2, 0) is 33.9 Å². The Morgan fingerprint density at radius 2 is 1.62 bits per heavy atom. The van der Waals surface area contributed by atoms with Crippen molar-refractivity contribution in [2.24, 2.45) is 5.92 Å². The molecule has 1 amide bonds. The Morgan fingerprint density at radius 1 is 1.08 bits per heavy atom. The summed E-state index contributed by atoms with van der Waals surface area (Å²) in [5.74, 6) is -0.797. The minimum Gasteiger partial charge on any atom is -0.394 e. The Bertz CT molecular complexity index is 993. The first kappa shape index (κ1) is 35.1. The van der Waals surface area contributed by atoms with E-state index < -0.39 is 77.8 Å². The number of hydrogen-bond donors (Lipinski definition) is 7. The molecule has 1 aromatic carbocycles. The first-order valence-electron chi connectivity index (χ1n) is 11.8. The van der Waals surface area contributed by atoms with E-state index in [4.69, 9.17) is 23.5 Å². The number of carbonyl (C=O) groups is 1. The van der Waals surface area contributed by atoms with Gasteiger partial charge in [0.25, 0.3) is 10.1 Å². The molecule has 10 unspecified atom stereocenters. The average molecular weight is 582 g/mol. The van der Waals surface area contributed by atoms with Gasteiger partial charge in [0.15, 0.2) is 6.04 Å². The Balaban J connectivity index is 0.000000532. The number of hydrogen-bond acceptors (Lipinski definition) is 11. The molecule has 1 aromatic rings. The monoisotopic (exact) mass is 581 g/mol. The van der Waals surface area contributed by atoms with Crippen LogP contribution >= 0.6 is 0 Å². The van der Waals surface area contributed by atoms with Gasteiger partial charge >= 0.3 is 0 Å². The Hall–Kier alpha value is -1.89. The van der Waals surface area contributed by atoms with Gasteiger partial charge < -0.3 is 53.1 Å². The number of aliphatic hydroxyl groups excluding tert-OH is 4. The summed E-state index contributed by atoms with van der Waals surface area (Å²) in [7, 11) is -0.763. The molecule has 2 aliphatic heterocycles. The number of amides is 1. The smallest absolute Gasteiger partial charge is 0.294 e. The number of ether oxygens (including phenoxy) is 4. The highest BCUT2D eigenvalue weighted by Crippen LogP contribution is 2.30. The zero-order valence-corrected chi connectivity index (χ0v) is 23.2. The Morgan fingerprint density at radius 3 is 2.08 bits per heavy atom. The normalized spacial score (nSPS) is 34.7. The van der Waals surface area contributed by atoms with Crippen molar-refractivity contribution in [3.63, 3.8) is 0 Å². The number of benzene rings is 1. The van der Waals surface area contributed by atoms with Crippen molar-refractivity contribution in [1.29, 1.82) is 0 Å². The van der Waals surface area contributed by atoms with E-state index in [0.717, 1.165) is 5.56 Å². The van der Waals surface area contributed by atoms with E-state index in [9.17, 15) is 33.6 Å². The molecule has 15 heteroatoms. The van der Waals surface area contributed by atoms with Crippen LogP contribution in [0.3, 0.4) is 0 Å². The maximum Gasteiger partial charge on any atom is 0.294 e. The van der Waals surface area contributed by atoms with Gasteiger partial charge in [-0.15, -0.1) is 0 Å². The first-order chi connectivity index (χ1) is 17.7. The third kappa shape index (κ3) is 9.06. The molecule has 2 aliphatic rings. The number of aryl methyl sites for hydroxylation is 1. The lowest BCUT2D eigenvalue weighted by atomic mass is 9.89. The average Bonchev–Trinajstić information content (AvgIpc) is 2.86. The summed E-state index contributed by atoms with van der Waals surface area (Å²) in [4.78, 5) is 11.4. The van der Waals surface area contributed by atoms with Gasteiger partial charge in [-0.3, -0.25) is 9.35 Å². The minimum absolute atomic E-state index is 0. The fourth-order valence-electron chi connectivity index (χ4n) is 4.14. The maximum absolute atomic E-state index is 11.4. The highest BCUT2D eigenvalue weighted by atomic mass is 32.2. The van der Waals surface area contributed by atoms with Crippen LogP contribution in [0, 0.1) is 27.4 Å². The second-order valence-electron chi connectivity index (χ2n) is 9.24. The van der Waals surface area contributed by atoms with Crippen LogP contribution in [0.15, 0.2) is 29.2 Å². The summed E-state index contributed by atoms with van der Waals surface area (Å²) in [6.45, 7) is 3.99. The lowest BCUT2D eigenvalue weighted by Gasteiger charge is -2.45. The maximum atomic E-state index is 11.4. The lowest BCUT2D eigenvalue weighted by Crippen LogP contribution is -2.77. The molecule has 0 saturated carbocycles. The minimum atomic E-state index is -4.02. The highest BCUT2D eigenvalue weighted by molar-refractivity contribution is 7.85. The van der Waals surface area contributed by atoms with Crippen molar-refractivity contribution in [3.05, 3.63) is 44.4 Å². The molecule has 0 bridgehead atoms. The van der Waals surface area contributed by atoms with Gasteiger partial charge in [-0.25, -0.2) is 0 Å². The molecular formula is C24H41N2O12S+. The van der Waals surface area contributed by atoms with Crippen molar-refractivity contribution < 1.29 is 62.9 Å². The predicted octanol–water partition coefficient (Wildman–Crippen LogP) is -2.22. The Labute approximate surface area is 228 Å². The van der Waals surface area contributed by atoms with Crippen LogP contribution in [0.1, 0.15) is 19.4 Å². The second-order valence-corrected chi connectivity index (χ2v) is 10.7. The van der Waals surface area contributed by atoms with Crippen molar-refractivity contribution in [3.8, 4) is 0 Å². The van der Waals surface area contributed by atoms with Crippen LogP contribution < -0.4 is 11.1 Å². The fourth-order valence-corrected chi connectivity index (χ4v) is 4.62. The molecule has 9 N–H and O–H groups in total. The molecule has 0 aromatic heterocycles. The van der Waals surface area contributed by atoms with E-state index >= 15 is 0 Å². The summed E-state index contributed by atoms with van der Waals surface area (Å²) < 4.78 is 51.5. The van der Waals surface area contributed by atoms with Gasteiger partial charge in [-0.05, 0) is 19.1 Å². The standard InChI is InChI=1S/C16H28N2O9.C7H8O3S.CH3/c1-6-8(4-19)25-15(10(17)12(6)22)27-14-9(5-20)26-16(24-3)11(13(14)23)18-7(2)21;1-6-2-4-7(5-3-6)11(8,9)10;/h6,8-16,19-20,22-23H,3-5,17H2,1-2H3;2-5H,1H3,(H,8,9,10);1H3/q;;-1/p+2. The zero-order valence-electron chi connectivity index (χ0n) is 22.4. The van der Waals surface area contributed by atoms with Crippen molar-refractivity contribution >= 4 is 16.0 Å². The summed E-state index contributed by atoms with van der Waals surface area (Å²) in [6.07, 6.45) is -7.20. The molecule has 0 radical (unpaired) electrons. The summed E-state index contributed by atoms with van der Waals surface area (Å²) in [5.41, 5.74) is 4.80. The van der Waals surface area contributed by atoms with E-state index in [1.807, 2.05) is 6.92 Å².